The van der Waals surface area contributed by atoms with Crippen LogP contribution in [0.1, 0.15) is 12.5 Å². The Balaban J connectivity index is 2.21. The molecule has 1 N–H and O–H groups in total. The molecule has 0 bridgehead atoms. The first-order chi connectivity index (χ1) is 9.27. The minimum Gasteiger partial charge on any atom is -0.496 e. The third kappa shape index (κ3) is 6.57. The molecule has 108 valence electrons. The van der Waals surface area contributed by atoms with Crippen molar-refractivity contribution in [3.63, 3.8) is 0 Å². The van der Waals surface area contributed by atoms with Crippen molar-refractivity contribution in [2.24, 2.45) is 0 Å². The van der Waals surface area contributed by atoms with Crippen molar-refractivity contribution in [1.29, 1.82) is 0 Å². The van der Waals surface area contributed by atoms with Gasteiger partial charge in [-0.1, -0.05) is 18.2 Å². The van der Waals surface area contributed by atoms with Gasteiger partial charge in [0.2, 0.25) is 0 Å². The lowest BCUT2D eigenvalue weighted by Crippen LogP contribution is -2.31. The smallest absolute Gasteiger partial charge is 0.122 e. The summed E-state index contributed by atoms with van der Waals surface area (Å²) in [6, 6.07) is 8.52. The maximum atomic E-state index is 5.41. The van der Waals surface area contributed by atoms with Gasteiger partial charge < -0.3 is 19.5 Å². The highest BCUT2D eigenvalue weighted by Crippen LogP contribution is 2.18. The van der Waals surface area contributed by atoms with Crippen molar-refractivity contribution in [2.45, 2.75) is 19.4 Å². The van der Waals surface area contributed by atoms with E-state index in [0.717, 1.165) is 18.7 Å². The summed E-state index contributed by atoms with van der Waals surface area (Å²) in [7, 11) is 3.39. The summed E-state index contributed by atoms with van der Waals surface area (Å²) < 4.78 is 15.7. The number of benzene rings is 1. The fraction of sp³-hybridized carbons (Fsp3) is 0.600. The van der Waals surface area contributed by atoms with Crippen molar-refractivity contribution >= 4 is 0 Å². The molecule has 1 rings (SSSR count). The maximum Gasteiger partial charge on any atom is 0.122 e. The molecular formula is C15H25NO3. The lowest BCUT2D eigenvalue weighted by molar-refractivity contribution is 0.0712. The lowest BCUT2D eigenvalue weighted by atomic mass is 10.1. The normalized spacial score (nSPS) is 12.4. The molecule has 1 aromatic rings. The molecule has 0 heterocycles. The average Bonchev–Trinajstić information content (AvgIpc) is 2.43. The van der Waals surface area contributed by atoms with Gasteiger partial charge in [-0.05, 0) is 25.0 Å². The van der Waals surface area contributed by atoms with Crippen LogP contribution in [0.5, 0.6) is 5.75 Å². The van der Waals surface area contributed by atoms with Gasteiger partial charge in [0.1, 0.15) is 5.75 Å². The van der Waals surface area contributed by atoms with Crippen LogP contribution < -0.4 is 10.1 Å². The highest BCUT2D eigenvalue weighted by molar-refractivity contribution is 5.33. The second-order valence-electron chi connectivity index (χ2n) is 4.48. The van der Waals surface area contributed by atoms with Gasteiger partial charge in [0, 0.05) is 19.7 Å². The van der Waals surface area contributed by atoms with Crippen LogP contribution in [0.3, 0.4) is 0 Å². The van der Waals surface area contributed by atoms with E-state index in [1.54, 1.807) is 14.2 Å². The molecule has 1 aromatic carbocycles. The Kier molecular flexibility index (Phi) is 8.21. The van der Waals surface area contributed by atoms with Crippen LogP contribution >= 0.6 is 0 Å². The largest absolute Gasteiger partial charge is 0.496 e. The Hall–Kier alpha value is -1.10. The summed E-state index contributed by atoms with van der Waals surface area (Å²) in [6.45, 7) is 5.02. The van der Waals surface area contributed by atoms with Gasteiger partial charge in [-0.15, -0.1) is 0 Å². The van der Waals surface area contributed by atoms with E-state index < -0.39 is 0 Å². The van der Waals surface area contributed by atoms with Crippen LogP contribution in [-0.4, -0.2) is 46.6 Å². The molecule has 0 fully saturated rings. The van der Waals surface area contributed by atoms with Gasteiger partial charge in [0.15, 0.2) is 0 Å². The fourth-order valence-corrected chi connectivity index (χ4v) is 1.90. The molecule has 0 aliphatic heterocycles. The van der Waals surface area contributed by atoms with E-state index in [1.165, 1.54) is 5.56 Å². The second-order valence-corrected chi connectivity index (χ2v) is 4.48. The third-order valence-corrected chi connectivity index (χ3v) is 2.89. The molecule has 4 nitrogen and oxygen atoms in total. The average molecular weight is 267 g/mol. The predicted octanol–water partition coefficient (Wildman–Crippen LogP) is 1.88. The molecule has 4 heteroatoms. The first-order valence-corrected chi connectivity index (χ1v) is 6.70. The van der Waals surface area contributed by atoms with Gasteiger partial charge in [-0.2, -0.15) is 0 Å². The number of hydrogen-bond acceptors (Lipinski definition) is 4. The minimum absolute atomic E-state index is 0.391. The van der Waals surface area contributed by atoms with Gasteiger partial charge in [-0.25, -0.2) is 0 Å². The number of para-hydroxylation sites is 1. The van der Waals surface area contributed by atoms with Gasteiger partial charge in [0.25, 0.3) is 0 Å². The first-order valence-electron chi connectivity index (χ1n) is 6.70. The van der Waals surface area contributed by atoms with E-state index in [4.69, 9.17) is 14.2 Å². The van der Waals surface area contributed by atoms with Crippen LogP contribution in [0, 0.1) is 0 Å². The van der Waals surface area contributed by atoms with E-state index >= 15 is 0 Å². The quantitative estimate of drug-likeness (QED) is 0.657. The molecule has 0 aromatic heterocycles. The number of nitrogens with one attached hydrogen (secondary N) is 1. The van der Waals surface area contributed by atoms with Crippen molar-refractivity contribution in [2.75, 3.05) is 40.6 Å². The summed E-state index contributed by atoms with van der Waals surface area (Å²) in [5, 5.41) is 3.44. The molecule has 0 spiro atoms. The van der Waals surface area contributed by atoms with Crippen molar-refractivity contribution in [3.05, 3.63) is 29.8 Å². The molecular weight excluding hydrogens is 242 g/mol. The molecule has 0 saturated heterocycles. The maximum absolute atomic E-state index is 5.41. The van der Waals surface area contributed by atoms with Gasteiger partial charge >= 0.3 is 0 Å². The van der Waals surface area contributed by atoms with E-state index in [1.807, 2.05) is 18.2 Å². The summed E-state index contributed by atoms with van der Waals surface area (Å²) in [5.41, 5.74) is 1.23. The van der Waals surface area contributed by atoms with E-state index in [-0.39, 0.29) is 0 Å². The number of hydrogen-bond donors (Lipinski definition) is 1. The molecule has 0 aliphatic carbocycles. The summed E-state index contributed by atoms with van der Waals surface area (Å²) >= 11 is 0. The molecule has 0 aliphatic rings. The van der Waals surface area contributed by atoms with Crippen molar-refractivity contribution in [1.82, 2.24) is 5.32 Å². The first kappa shape index (κ1) is 16.0. The van der Waals surface area contributed by atoms with Crippen molar-refractivity contribution in [3.8, 4) is 5.75 Å². The zero-order valence-electron chi connectivity index (χ0n) is 12.1. The molecule has 0 saturated carbocycles. The lowest BCUT2D eigenvalue weighted by Gasteiger charge is -2.15. The number of rotatable bonds is 10. The summed E-state index contributed by atoms with van der Waals surface area (Å²) in [6.07, 6.45) is 0.947. The molecule has 1 unspecified atom stereocenters. The van der Waals surface area contributed by atoms with Gasteiger partial charge in [0.05, 0.1) is 26.9 Å². The Morgan fingerprint density at radius 1 is 1.11 bits per heavy atom. The molecule has 0 radical (unpaired) electrons. The Morgan fingerprint density at radius 2 is 1.89 bits per heavy atom. The fourth-order valence-electron chi connectivity index (χ4n) is 1.90. The van der Waals surface area contributed by atoms with E-state index in [0.29, 0.717) is 25.9 Å². The number of methoxy groups -OCH3 is 2. The van der Waals surface area contributed by atoms with Crippen LogP contribution in [0.25, 0.3) is 0 Å². The van der Waals surface area contributed by atoms with Gasteiger partial charge in [-0.3, -0.25) is 0 Å². The standard InChI is InChI=1S/C15H25NO3/c1-13(16-8-9-19-11-10-17-2)12-14-6-4-5-7-15(14)18-3/h4-7,13,16H,8-12H2,1-3H3. The van der Waals surface area contributed by atoms with E-state index in [9.17, 15) is 0 Å². The summed E-state index contributed by atoms with van der Waals surface area (Å²) in [4.78, 5) is 0. The predicted molar refractivity (Wildman–Crippen MR) is 76.9 cm³/mol. The van der Waals surface area contributed by atoms with Crippen LogP contribution in [-0.2, 0) is 15.9 Å². The Labute approximate surface area is 116 Å². The Morgan fingerprint density at radius 3 is 2.63 bits per heavy atom. The van der Waals surface area contributed by atoms with Crippen LogP contribution in [0.15, 0.2) is 24.3 Å². The zero-order chi connectivity index (χ0) is 13.9. The zero-order valence-corrected chi connectivity index (χ0v) is 12.1. The molecule has 0 amide bonds. The van der Waals surface area contributed by atoms with Crippen LogP contribution in [0.4, 0.5) is 0 Å². The van der Waals surface area contributed by atoms with Crippen molar-refractivity contribution < 1.29 is 14.2 Å². The van der Waals surface area contributed by atoms with E-state index in [2.05, 4.69) is 18.3 Å². The molecule has 19 heavy (non-hydrogen) atoms. The summed E-state index contributed by atoms with van der Waals surface area (Å²) in [5.74, 6) is 0.951. The highest BCUT2D eigenvalue weighted by Gasteiger charge is 2.06. The number of ether oxygens (including phenoxy) is 3. The minimum atomic E-state index is 0.391. The second kappa shape index (κ2) is 9.78. The SMILES string of the molecule is COCCOCCNC(C)Cc1ccccc1OC. The topological polar surface area (TPSA) is 39.7 Å². The highest BCUT2D eigenvalue weighted by atomic mass is 16.5. The Bertz CT molecular complexity index is 344. The third-order valence-electron chi connectivity index (χ3n) is 2.89. The van der Waals surface area contributed by atoms with Crippen LogP contribution in [0.2, 0.25) is 0 Å². The molecule has 1 atom stereocenters. The monoisotopic (exact) mass is 267 g/mol.